The van der Waals surface area contributed by atoms with Crippen LogP contribution in [0.4, 0.5) is 0 Å². The summed E-state index contributed by atoms with van der Waals surface area (Å²) in [5, 5.41) is 4.36. The fraction of sp³-hybridized carbons (Fsp3) is 0.556. The summed E-state index contributed by atoms with van der Waals surface area (Å²) in [6.07, 6.45) is 6.00. The molecule has 124 valence electrons. The fourth-order valence-corrected chi connectivity index (χ4v) is 3.56. The maximum atomic E-state index is 13.0. The van der Waals surface area contributed by atoms with Crippen molar-refractivity contribution in [2.75, 3.05) is 6.54 Å². The second kappa shape index (κ2) is 6.22. The zero-order chi connectivity index (χ0) is 16.6. The highest BCUT2D eigenvalue weighted by Gasteiger charge is 2.33. The van der Waals surface area contributed by atoms with Crippen molar-refractivity contribution in [2.24, 2.45) is 0 Å². The van der Waals surface area contributed by atoms with Crippen LogP contribution < -0.4 is 0 Å². The van der Waals surface area contributed by atoms with E-state index in [9.17, 15) is 4.79 Å². The number of furan rings is 1. The minimum Gasteiger partial charge on any atom is -0.466 e. The SMILES string of the molecule is Cc1cnn(C[C@@H]2CCCN2C(=O)[C@@H](C)c2cc(C)oc2C)c1. The number of aromatic nitrogens is 2. The number of carbonyl (C=O) groups is 1. The highest BCUT2D eigenvalue weighted by Crippen LogP contribution is 2.28. The standard InChI is InChI=1S/C18H25N3O2/c1-12-9-19-20(10-12)11-16-6-5-7-21(16)18(22)14(3)17-8-13(2)23-15(17)4/h8-10,14,16H,5-7,11H2,1-4H3/t14-,16-/m0/s1. The van der Waals surface area contributed by atoms with Crippen molar-refractivity contribution in [3.63, 3.8) is 0 Å². The van der Waals surface area contributed by atoms with Gasteiger partial charge in [0.25, 0.3) is 0 Å². The Morgan fingerprint density at radius 2 is 2.22 bits per heavy atom. The Bertz CT molecular complexity index is 701. The normalized spacial score (nSPS) is 19.3. The second-order valence-corrected chi connectivity index (χ2v) is 6.66. The number of hydrogen-bond donors (Lipinski definition) is 0. The molecule has 5 nitrogen and oxygen atoms in total. The Morgan fingerprint density at radius 1 is 1.43 bits per heavy atom. The molecule has 0 saturated carbocycles. The number of aryl methyl sites for hydroxylation is 3. The van der Waals surface area contributed by atoms with Gasteiger partial charge < -0.3 is 9.32 Å². The van der Waals surface area contributed by atoms with E-state index < -0.39 is 0 Å². The van der Waals surface area contributed by atoms with Gasteiger partial charge in [-0.3, -0.25) is 9.48 Å². The van der Waals surface area contributed by atoms with E-state index >= 15 is 0 Å². The summed E-state index contributed by atoms with van der Waals surface area (Å²) >= 11 is 0. The van der Waals surface area contributed by atoms with E-state index in [1.807, 2.05) is 55.7 Å². The lowest BCUT2D eigenvalue weighted by molar-refractivity contribution is -0.133. The quantitative estimate of drug-likeness (QED) is 0.870. The van der Waals surface area contributed by atoms with Crippen LogP contribution in [0, 0.1) is 20.8 Å². The van der Waals surface area contributed by atoms with Crippen molar-refractivity contribution >= 4 is 5.91 Å². The summed E-state index contributed by atoms with van der Waals surface area (Å²) in [6, 6.07) is 2.22. The molecule has 0 bridgehead atoms. The van der Waals surface area contributed by atoms with Crippen LogP contribution in [0.3, 0.4) is 0 Å². The van der Waals surface area contributed by atoms with Gasteiger partial charge in [0.05, 0.1) is 24.7 Å². The van der Waals surface area contributed by atoms with E-state index in [1.54, 1.807) is 0 Å². The first kappa shape index (κ1) is 15.8. The van der Waals surface area contributed by atoms with Crippen LogP contribution >= 0.6 is 0 Å². The molecule has 2 aromatic heterocycles. The lowest BCUT2D eigenvalue weighted by atomic mass is 9.99. The molecule has 1 amide bonds. The third-order valence-electron chi connectivity index (χ3n) is 4.74. The molecule has 5 heteroatoms. The van der Waals surface area contributed by atoms with Crippen LogP contribution in [-0.4, -0.2) is 33.2 Å². The summed E-state index contributed by atoms with van der Waals surface area (Å²) in [5.74, 6) is 1.75. The zero-order valence-corrected chi connectivity index (χ0v) is 14.4. The highest BCUT2D eigenvalue weighted by atomic mass is 16.3. The number of nitrogens with zero attached hydrogens (tertiary/aromatic N) is 3. The van der Waals surface area contributed by atoms with Gasteiger partial charge in [0, 0.05) is 18.3 Å². The summed E-state index contributed by atoms with van der Waals surface area (Å²) in [7, 11) is 0. The molecule has 1 aliphatic heterocycles. The summed E-state index contributed by atoms with van der Waals surface area (Å²) in [4.78, 5) is 15.0. The van der Waals surface area contributed by atoms with Gasteiger partial charge in [-0.25, -0.2) is 0 Å². The Balaban J connectivity index is 1.73. The minimum atomic E-state index is -0.160. The van der Waals surface area contributed by atoms with E-state index in [0.29, 0.717) is 0 Å². The molecule has 3 rings (SSSR count). The van der Waals surface area contributed by atoms with E-state index in [-0.39, 0.29) is 17.9 Å². The first-order valence-corrected chi connectivity index (χ1v) is 8.32. The van der Waals surface area contributed by atoms with Crippen LogP contribution in [-0.2, 0) is 11.3 Å². The average Bonchev–Trinajstić information content (AvgIpc) is 3.19. The Labute approximate surface area is 137 Å². The topological polar surface area (TPSA) is 51.3 Å². The van der Waals surface area contributed by atoms with Gasteiger partial charge in [-0.05, 0) is 52.2 Å². The summed E-state index contributed by atoms with van der Waals surface area (Å²) < 4.78 is 7.54. The van der Waals surface area contributed by atoms with Crippen molar-refractivity contribution in [3.05, 3.63) is 41.1 Å². The van der Waals surface area contributed by atoms with Crippen LogP contribution in [0.15, 0.2) is 22.9 Å². The third-order valence-corrected chi connectivity index (χ3v) is 4.74. The molecular formula is C18H25N3O2. The molecule has 23 heavy (non-hydrogen) atoms. The second-order valence-electron chi connectivity index (χ2n) is 6.66. The largest absolute Gasteiger partial charge is 0.466 e. The van der Waals surface area contributed by atoms with Crippen molar-refractivity contribution in [1.82, 2.24) is 14.7 Å². The van der Waals surface area contributed by atoms with E-state index in [0.717, 1.165) is 48.6 Å². The molecule has 1 aliphatic rings. The smallest absolute Gasteiger partial charge is 0.230 e. The maximum Gasteiger partial charge on any atom is 0.230 e. The van der Waals surface area contributed by atoms with Crippen molar-refractivity contribution in [1.29, 1.82) is 0 Å². The van der Waals surface area contributed by atoms with Gasteiger partial charge in [0.1, 0.15) is 11.5 Å². The van der Waals surface area contributed by atoms with Gasteiger partial charge in [0.2, 0.25) is 5.91 Å². The molecule has 2 atom stereocenters. The van der Waals surface area contributed by atoms with Gasteiger partial charge in [0.15, 0.2) is 0 Å². The maximum absolute atomic E-state index is 13.0. The minimum absolute atomic E-state index is 0.160. The molecule has 0 aromatic carbocycles. The molecule has 0 aliphatic carbocycles. The molecule has 2 aromatic rings. The number of likely N-dealkylation sites (tertiary alicyclic amines) is 1. The zero-order valence-electron chi connectivity index (χ0n) is 14.4. The predicted molar refractivity (Wildman–Crippen MR) is 88.3 cm³/mol. The number of carbonyl (C=O) groups excluding carboxylic acids is 1. The van der Waals surface area contributed by atoms with E-state index in [4.69, 9.17) is 4.42 Å². The van der Waals surface area contributed by atoms with Crippen molar-refractivity contribution in [2.45, 2.75) is 59.0 Å². The highest BCUT2D eigenvalue weighted by molar-refractivity contribution is 5.84. The van der Waals surface area contributed by atoms with Crippen LogP contribution in [0.2, 0.25) is 0 Å². The Hall–Kier alpha value is -2.04. The van der Waals surface area contributed by atoms with Crippen LogP contribution in [0.1, 0.15) is 48.3 Å². The molecule has 0 spiro atoms. The Morgan fingerprint density at radius 3 is 2.83 bits per heavy atom. The molecule has 0 radical (unpaired) electrons. The van der Waals surface area contributed by atoms with Gasteiger partial charge in [-0.2, -0.15) is 5.10 Å². The lowest BCUT2D eigenvalue weighted by Crippen LogP contribution is -2.40. The molecule has 1 saturated heterocycles. The molecule has 0 unspecified atom stereocenters. The summed E-state index contributed by atoms with van der Waals surface area (Å²) in [6.45, 7) is 9.48. The summed E-state index contributed by atoms with van der Waals surface area (Å²) in [5.41, 5.74) is 2.16. The van der Waals surface area contributed by atoms with Crippen molar-refractivity contribution < 1.29 is 9.21 Å². The monoisotopic (exact) mass is 315 g/mol. The van der Waals surface area contributed by atoms with E-state index in [2.05, 4.69) is 5.10 Å². The number of amides is 1. The Kier molecular flexibility index (Phi) is 4.28. The first-order chi connectivity index (χ1) is 11.0. The lowest BCUT2D eigenvalue weighted by Gasteiger charge is -2.27. The average molecular weight is 315 g/mol. The molecular weight excluding hydrogens is 290 g/mol. The fourth-order valence-electron chi connectivity index (χ4n) is 3.56. The number of rotatable bonds is 4. The van der Waals surface area contributed by atoms with Gasteiger partial charge >= 0.3 is 0 Å². The first-order valence-electron chi connectivity index (χ1n) is 8.32. The molecule has 3 heterocycles. The van der Waals surface area contributed by atoms with Gasteiger partial charge in [-0.1, -0.05) is 0 Å². The molecule has 1 fully saturated rings. The van der Waals surface area contributed by atoms with Crippen LogP contribution in [0.5, 0.6) is 0 Å². The van der Waals surface area contributed by atoms with Gasteiger partial charge in [-0.15, -0.1) is 0 Å². The third kappa shape index (κ3) is 3.19. The van der Waals surface area contributed by atoms with E-state index in [1.165, 1.54) is 0 Å². The molecule has 0 N–H and O–H groups in total. The van der Waals surface area contributed by atoms with Crippen LogP contribution in [0.25, 0.3) is 0 Å². The number of hydrogen-bond acceptors (Lipinski definition) is 3. The predicted octanol–water partition coefficient (Wildman–Crippen LogP) is 3.20. The van der Waals surface area contributed by atoms with Crippen molar-refractivity contribution in [3.8, 4) is 0 Å².